The Bertz CT molecular complexity index is 2050. The Kier molecular flexibility index (Phi) is 7.87. The zero-order valence-corrected chi connectivity index (χ0v) is 27.1. The second-order valence-electron chi connectivity index (χ2n) is 12.5. The van der Waals surface area contributed by atoms with Crippen molar-refractivity contribution in [3.63, 3.8) is 0 Å². The maximum Gasteiger partial charge on any atom is 0.214 e. The molecular formula is C36H36N2O6S. The zero-order valence-electron chi connectivity index (χ0n) is 26.3. The summed E-state index contributed by atoms with van der Waals surface area (Å²) in [5.41, 5.74) is 6.27. The molecule has 0 N–H and O–H groups in total. The number of ether oxygens (including phenoxy) is 3. The van der Waals surface area contributed by atoms with Crippen molar-refractivity contribution in [1.29, 1.82) is 0 Å². The predicted molar refractivity (Wildman–Crippen MR) is 175 cm³/mol. The average molecular weight is 625 g/mol. The highest BCUT2D eigenvalue weighted by Gasteiger charge is 2.31. The third kappa shape index (κ3) is 6.15. The van der Waals surface area contributed by atoms with Crippen molar-refractivity contribution >= 4 is 37.4 Å². The molecule has 3 heterocycles. The fourth-order valence-corrected chi connectivity index (χ4v) is 6.53. The van der Waals surface area contributed by atoms with Crippen LogP contribution < -0.4 is 9.47 Å². The topological polar surface area (TPSA) is 105 Å². The summed E-state index contributed by atoms with van der Waals surface area (Å²) in [5, 5.41) is 1.82. The quantitative estimate of drug-likeness (QED) is 0.180. The highest BCUT2D eigenvalue weighted by molar-refractivity contribution is 7.90. The van der Waals surface area contributed by atoms with Gasteiger partial charge in [-0.25, -0.2) is 13.4 Å². The van der Waals surface area contributed by atoms with Gasteiger partial charge < -0.3 is 14.2 Å². The molecule has 1 atom stereocenters. The number of aryl methyl sites for hydroxylation is 1. The SMILES string of the molecule is CC(=O)[C@@H](OC(C)(C)C)c1c(C)cc2nc(OCc3ccc(S(C)(=O)=O)cc3)ccc2c1-c1ccc2c3c(ccnc13)CCO2. The van der Waals surface area contributed by atoms with Crippen LogP contribution in [0.2, 0.25) is 0 Å². The van der Waals surface area contributed by atoms with Gasteiger partial charge >= 0.3 is 0 Å². The van der Waals surface area contributed by atoms with Gasteiger partial charge in [0.2, 0.25) is 5.88 Å². The van der Waals surface area contributed by atoms with Crippen LogP contribution in [0, 0.1) is 6.92 Å². The number of Topliss-reactive ketones (excluding diaryl/α,β-unsaturated/α-hetero) is 1. The first kappa shape index (κ1) is 30.7. The first-order chi connectivity index (χ1) is 21.3. The summed E-state index contributed by atoms with van der Waals surface area (Å²) in [5.74, 6) is 1.13. The van der Waals surface area contributed by atoms with Crippen LogP contribution in [0.15, 0.2) is 71.8 Å². The number of hydrogen-bond acceptors (Lipinski definition) is 8. The van der Waals surface area contributed by atoms with Gasteiger partial charge in [-0.2, -0.15) is 0 Å². The van der Waals surface area contributed by atoms with Crippen molar-refractivity contribution in [2.75, 3.05) is 12.9 Å². The molecule has 0 radical (unpaired) electrons. The molecule has 0 unspecified atom stereocenters. The minimum Gasteiger partial charge on any atom is -0.493 e. The summed E-state index contributed by atoms with van der Waals surface area (Å²) >= 11 is 0. The molecule has 1 aliphatic rings. The van der Waals surface area contributed by atoms with Gasteiger partial charge in [0.15, 0.2) is 15.6 Å². The Labute approximate surface area is 263 Å². The van der Waals surface area contributed by atoms with Gasteiger partial charge in [-0.05, 0) is 105 Å². The van der Waals surface area contributed by atoms with E-state index >= 15 is 0 Å². The molecular weight excluding hydrogens is 588 g/mol. The van der Waals surface area contributed by atoms with Crippen molar-refractivity contribution in [1.82, 2.24) is 9.97 Å². The zero-order chi connectivity index (χ0) is 32.1. The van der Waals surface area contributed by atoms with Gasteiger partial charge in [0.05, 0.1) is 28.1 Å². The molecule has 9 heteroatoms. The summed E-state index contributed by atoms with van der Waals surface area (Å²) in [6, 6.07) is 18.4. The standard InChI is InChI=1S/C36H36N2O6S/c1-21-19-28-26(12-14-30(38-28)43-20-23-7-9-25(10-8-23)45(6,40)41)33(31(21)35(22(2)39)44-36(3,4)5)27-11-13-29-32-24(16-18-42-29)15-17-37-34(27)32/h7-15,17,19,35H,16,18,20H2,1-6H3/t35-/m1/s1. The lowest BCUT2D eigenvalue weighted by Crippen LogP contribution is -2.27. The molecule has 0 amide bonds. The number of fused-ring (bicyclic) bond motifs is 1. The van der Waals surface area contributed by atoms with Crippen LogP contribution in [0.4, 0.5) is 0 Å². The third-order valence-electron chi connectivity index (χ3n) is 7.90. The van der Waals surface area contributed by atoms with Gasteiger partial charge in [-0.3, -0.25) is 9.78 Å². The fourth-order valence-electron chi connectivity index (χ4n) is 5.90. The van der Waals surface area contributed by atoms with Crippen LogP contribution in [0.3, 0.4) is 0 Å². The first-order valence-corrected chi connectivity index (χ1v) is 16.8. The lowest BCUT2D eigenvalue weighted by atomic mass is 9.86. The normalized spacial score (nSPS) is 13.9. The maximum absolute atomic E-state index is 13.2. The predicted octanol–water partition coefficient (Wildman–Crippen LogP) is 7.12. The van der Waals surface area contributed by atoms with E-state index in [4.69, 9.17) is 24.2 Å². The molecule has 8 nitrogen and oxygen atoms in total. The number of sulfone groups is 1. The Morgan fingerprint density at radius 2 is 1.80 bits per heavy atom. The van der Waals surface area contributed by atoms with Crippen LogP contribution in [0.1, 0.15) is 56.1 Å². The Morgan fingerprint density at radius 3 is 2.49 bits per heavy atom. The van der Waals surface area contributed by atoms with Gasteiger partial charge in [0.25, 0.3) is 0 Å². The fraction of sp³-hybridized carbons (Fsp3) is 0.306. The number of benzene rings is 3. The second kappa shape index (κ2) is 11.5. The minimum atomic E-state index is -3.28. The van der Waals surface area contributed by atoms with E-state index < -0.39 is 21.5 Å². The van der Waals surface area contributed by atoms with Crippen LogP contribution >= 0.6 is 0 Å². The molecule has 0 saturated carbocycles. The van der Waals surface area contributed by atoms with Crippen LogP contribution in [-0.2, 0) is 32.4 Å². The molecule has 0 fully saturated rings. The summed E-state index contributed by atoms with van der Waals surface area (Å²) in [6.45, 7) is 10.2. The minimum absolute atomic E-state index is 0.0950. The first-order valence-electron chi connectivity index (χ1n) is 14.9. The second-order valence-corrected chi connectivity index (χ2v) is 14.5. The molecule has 0 saturated heterocycles. The maximum atomic E-state index is 13.2. The lowest BCUT2D eigenvalue weighted by molar-refractivity contribution is -0.138. The molecule has 0 bridgehead atoms. The van der Waals surface area contributed by atoms with E-state index in [1.54, 1.807) is 31.2 Å². The van der Waals surface area contributed by atoms with E-state index in [0.717, 1.165) is 56.3 Å². The van der Waals surface area contributed by atoms with Gasteiger partial charge in [-0.15, -0.1) is 0 Å². The summed E-state index contributed by atoms with van der Waals surface area (Å²) in [4.78, 5) is 23.2. The Morgan fingerprint density at radius 1 is 1.04 bits per heavy atom. The van der Waals surface area contributed by atoms with E-state index in [1.165, 1.54) is 11.8 Å². The molecule has 0 spiro atoms. The molecule has 3 aromatic carbocycles. The lowest BCUT2D eigenvalue weighted by Gasteiger charge is -2.30. The highest BCUT2D eigenvalue weighted by atomic mass is 32.2. The number of ketones is 1. The molecule has 6 rings (SSSR count). The summed E-state index contributed by atoms with van der Waals surface area (Å²) in [7, 11) is -3.28. The van der Waals surface area contributed by atoms with Crippen molar-refractivity contribution < 1.29 is 27.4 Å². The molecule has 0 aliphatic carbocycles. The molecule has 5 aromatic rings. The van der Waals surface area contributed by atoms with E-state index in [1.807, 2.05) is 70.3 Å². The number of aromatic nitrogens is 2. The van der Waals surface area contributed by atoms with Crippen LogP contribution in [-0.4, -0.2) is 42.6 Å². The van der Waals surface area contributed by atoms with Crippen molar-refractivity contribution in [2.45, 2.75) is 64.2 Å². The largest absolute Gasteiger partial charge is 0.493 e. The molecule has 232 valence electrons. The number of pyridine rings is 2. The summed E-state index contributed by atoms with van der Waals surface area (Å²) < 4.78 is 42.1. The molecule has 1 aliphatic heterocycles. The third-order valence-corrected chi connectivity index (χ3v) is 9.02. The number of rotatable bonds is 8. The highest BCUT2D eigenvalue weighted by Crippen LogP contribution is 2.45. The average Bonchev–Trinajstić information content (AvgIpc) is 2.98. The van der Waals surface area contributed by atoms with Gasteiger partial charge in [0.1, 0.15) is 18.5 Å². The van der Waals surface area contributed by atoms with Gasteiger partial charge in [0, 0.05) is 41.3 Å². The van der Waals surface area contributed by atoms with E-state index in [2.05, 4.69) is 0 Å². The summed E-state index contributed by atoms with van der Waals surface area (Å²) in [6.07, 6.45) is 2.99. The van der Waals surface area contributed by atoms with E-state index in [-0.39, 0.29) is 17.3 Å². The Balaban J connectivity index is 1.51. The van der Waals surface area contributed by atoms with Crippen molar-refractivity contribution in [2.24, 2.45) is 0 Å². The number of hydrogen-bond donors (Lipinski definition) is 0. The monoisotopic (exact) mass is 624 g/mol. The van der Waals surface area contributed by atoms with Crippen molar-refractivity contribution in [3.05, 3.63) is 89.1 Å². The number of carbonyl (C=O) groups excluding carboxylic acids is 1. The smallest absolute Gasteiger partial charge is 0.214 e. The van der Waals surface area contributed by atoms with Crippen molar-refractivity contribution in [3.8, 4) is 22.8 Å². The Hall–Kier alpha value is -4.34. The van der Waals surface area contributed by atoms with E-state index in [0.29, 0.717) is 18.0 Å². The van der Waals surface area contributed by atoms with Gasteiger partial charge in [-0.1, -0.05) is 12.1 Å². The number of nitrogens with zero attached hydrogens (tertiary/aromatic N) is 2. The number of carbonyl (C=O) groups is 1. The van der Waals surface area contributed by atoms with E-state index in [9.17, 15) is 13.2 Å². The van der Waals surface area contributed by atoms with Crippen LogP contribution in [0.5, 0.6) is 11.6 Å². The molecule has 2 aromatic heterocycles. The molecule has 45 heavy (non-hydrogen) atoms. The van der Waals surface area contributed by atoms with Crippen LogP contribution in [0.25, 0.3) is 32.9 Å².